The number of nitrogens with zero attached hydrogens (tertiary/aromatic N) is 1. The Morgan fingerprint density at radius 3 is 2.37 bits per heavy atom. The highest BCUT2D eigenvalue weighted by molar-refractivity contribution is 7.89. The van der Waals surface area contributed by atoms with Crippen LogP contribution in [0.4, 0.5) is 15.8 Å². The van der Waals surface area contributed by atoms with Crippen LogP contribution in [0.5, 0.6) is 0 Å². The van der Waals surface area contributed by atoms with Crippen LogP contribution in [-0.2, 0) is 14.8 Å². The highest BCUT2D eigenvalue weighted by Crippen LogP contribution is 2.23. The Bertz CT molecular complexity index is 912. The molecule has 0 saturated carbocycles. The van der Waals surface area contributed by atoms with Crippen LogP contribution < -0.4 is 10.6 Å². The first kappa shape index (κ1) is 20.9. The van der Waals surface area contributed by atoms with Crippen LogP contribution in [0.15, 0.2) is 47.4 Å². The molecule has 0 bridgehead atoms. The molecule has 0 radical (unpaired) electrons. The molecule has 6 nitrogen and oxygen atoms in total. The van der Waals surface area contributed by atoms with Gasteiger partial charge >= 0.3 is 0 Å². The topological polar surface area (TPSA) is 78.5 Å². The number of sulfonamides is 1. The molecule has 1 amide bonds. The van der Waals surface area contributed by atoms with Crippen LogP contribution in [0.25, 0.3) is 0 Å². The van der Waals surface area contributed by atoms with Crippen molar-refractivity contribution in [3.63, 3.8) is 0 Å². The van der Waals surface area contributed by atoms with Crippen molar-refractivity contribution in [1.82, 2.24) is 4.31 Å². The van der Waals surface area contributed by atoms with Gasteiger partial charge in [0.15, 0.2) is 0 Å². The van der Waals surface area contributed by atoms with E-state index < -0.39 is 21.7 Å². The third-order valence-corrected chi connectivity index (χ3v) is 6.19. The second kappa shape index (κ2) is 8.96. The van der Waals surface area contributed by atoms with Gasteiger partial charge in [-0.1, -0.05) is 32.0 Å². The van der Waals surface area contributed by atoms with E-state index in [0.29, 0.717) is 18.8 Å². The molecule has 0 unspecified atom stereocenters. The summed E-state index contributed by atoms with van der Waals surface area (Å²) in [6, 6.07) is 10.7. The molecule has 0 saturated heterocycles. The van der Waals surface area contributed by atoms with E-state index >= 15 is 0 Å². The standard InChI is InChI=1S/C19H24FN3O3S/c1-4-23(5-2)27(25,26)15-11-10-14(3)18(12-15)22-19(24)13-21-17-9-7-6-8-16(17)20/h6-12,21H,4-5,13H2,1-3H3,(H,22,24). The Labute approximate surface area is 159 Å². The third kappa shape index (κ3) is 5.05. The lowest BCUT2D eigenvalue weighted by atomic mass is 10.2. The molecule has 0 heterocycles. The molecule has 27 heavy (non-hydrogen) atoms. The van der Waals surface area contributed by atoms with Crippen molar-refractivity contribution >= 4 is 27.3 Å². The number of nitrogens with one attached hydrogen (secondary N) is 2. The summed E-state index contributed by atoms with van der Waals surface area (Å²) in [4.78, 5) is 12.3. The maximum atomic E-state index is 13.6. The second-order valence-electron chi connectivity index (χ2n) is 5.95. The summed E-state index contributed by atoms with van der Waals surface area (Å²) in [7, 11) is -3.62. The molecule has 2 N–H and O–H groups in total. The minimum atomic E-state index is -3.62. The predicted molar refractivity (Wildman–Crippen MR) is 105 cm³/mol. The van der Waals surface area contributed by atoms with Crippen molar-refractivity contribution in [3.05, 3.63) is 53.8 Å². The molecule has 0 aliphatic heterocycles. The van der Waals surface area contributed by atoms with E-state index in [2.05, 4.69) is 10.6 Å². The number of halogens is 1. The van der Waals surface area contributed by atoms with Crippen LogP contribution in [0, 0.1) is 12.7 Å². The molecule has 146 valence electrons. The Morgan fingerprint density at radius 1 is 1.07 bits per heavy atom. The van der Waals surface area contributed by atoms with Crippen molar-refractivity contribution < 1.29 is 17.6 Å². The Hall–Kier alpha value is -2.45. The summed E-state index contributed by atoms with van der Waals surface area (Å²) in [6.07, 6.45) is 0. The van der Waals surface area contributed by atoms with Gasteiger partial charge in [-0.2, -0.15) is 4.31 Å². The number of anilines is 2. The van der Waals surface area contributed by atoms with Gasteiger partial charge in [0.05, 0.1) is 17.1 Å². The zero-order chi connectivity index (χ0) is 20.0. The van der Waals surface area contributed by atoms with Gasteiger partial charge in [0.25, 0.3) is 0 Å². The molecule has 0 aliphatic rings. The summed E-state index contributed by atoms with van der Waals surface area (Å²) in [6.45, 7) is 5.89. The monoisotopic (exact) mass is 393 g/mol. The fraction of sp³-hybridized carbons (Fsp3) is 0.316. The van der Waals surface area contributed by atoms with E-state index in [9.17, 15) is 17.6 Å². The Morgan fingerprint density at radius 2 is 1.74 bits per heavy atom. The number of carbonyl (C=O) groups excluding carboxylic acids is 1. The van der Waals surface area contributed by atoms with Gasteiger partial charge in [0, 0.05) is 18.8 Å². The van der Waals surface area contributed by atoms with Gasteiger partial charge in [-0.3, -0.25) is 4.79 Å². The van der Waals surface area contributed by atoms with Crippen LogP contribution in [-0.4, -0.2) is 38.3 Å². The average Bonchev–Trinajstić information content (AvgIpc) is 2.63. The molecule has 0 atom stereocenters. The number of carbonyl (C=O) groups is 1. The van der Waals surface area contributed by atoms with E-state index in [-0.39, 0.29) is 17.1 Å². The quantitative estimate of drug-likeness (QED) is 0.722. The molecule has 2 rings (SSSR count). The van der Waals surface area contributed by atoms with Crippen LogP contribution in [0.2, 0.25) is 0 Å². The summed E-state index contributed by atoms with van der Waals surface area (Å²) in [5.74, 6) is -0.854. The van der Waals surface area contributed by atoms with Crippen molar-refractivity contribution in [1.29, 1.82) is 0 Å². The fourth-order valence-corrected chi connectivity index (χ4v) is 4.07. The van der Waals surface area contributed by atoms with Gasteiger partial charge in [-0.15, -0.1) is 0 Å². The molecule has 0 spiro atoms. The molecule has 8 heteroatoms. The zero-order valence-electron chi connectivity index (χ0n) is 15.6. The second-order valence-corrected chi connectivity index (χ2v) is 7.89. The van der Waals surface area contributed by atoms with E-state index in [4.69, 9.17) is 0 Å². The minimum Gasteiger partial charge on any atom is -0.374 e. The first-order chi connectivity index (χ1) is 12.8. The lowest BCUT2D eigenvalue weighted by Crippen LogP contribution is -2.30. The maximum absolute atomic E-state index is 13.6. The lowest BCUT2D eigenvalue weighted by Gasteiger charge is -2.19. The van der Waals surface area contributed by atoms with Crippen LogP contribution in [0.3, 0.4) is 0 Å². The number of hydrogen-bond donors (Lipinski definition) is 2. The molecule has 0 fully saturated rings. The van der Waals surface area contributed by atoms with Crippen molar-refractivity contribution in [2.45, 2.75) is 25.7 Å². The summed E-state index contributed by atoms with van der Waals surface area (Å²) in [5, 5.41) is 5.40. The Balaban J connectivity index is 2.14. The first-order valence-corrected chi connectivity index (χ1v) is 10.1. The predicted octanol–water partition coefficient (Wildman–Crippen LogP) is 3.22. The largest absolute Gasteiger partial charge is 0.374 e. The van der Waals surface area contributed by atoms with E-state index in [0.717, 1.165) is 5.56 Å². The summed E-state index contributed by atoms with van der Waals surface area (Å²) < 4.78 is 40.2. The summed E-state index contributed by atoms with van der Waals surface area (Å²) >= 11 is 0. The maximum Gasteiger partial charge on any atom is 0.243 e. The molecular formula is C19H24FN3O3S. The highest BCUT2D eigenvalue weighted by Gasteiger charge is 2.22. The van der Waals surface area contributed by atoms with Gasteiger partial charge in [-0.05, 0) is 36.8 Å². The number of rotatable bonds is 8. The van der Waals surface area contributed by atoms with E-state index in [1.807, 2.05) is 0 Å². The van der Waals surface area contributed by atoms with Crippen molar-refractivity contribution in [2.75, 3.05) is 30.3 Å². The average molecular weight is 393 g/mol. The first-order valence-electron chi connectivity index (χ1n) is 8.68. The van der Waals surface area contributed by atoms with E-state index in [1.54, 1.807) is 39.0 Å². The van der Waals surface area contributed by atoms with Crippen molar-refractivity contribution in [3.8, 4) is 0 Å². The zero-order valence-corrected chi connectivity index (χ0v) is 16.4. The van der Waals surface area contributed by atoms with Crippen LogP contribution in [0.1, 0.15) is 19.4 Å². The lowest BCUT2D eigenvalue weighted by molar-refractivity contribution is -0.114. The molecular weight excluding hydrogens is 369 g/mol. The number of hydrogen-bond acceptors (Lipinski definition) is 4. The Kier molecular flexibility index (Phi) is 6.92. The minimum absolute atomic E-state index is 0.120. The number of aryl methyl sites for hydroxylation is 1. The summed E-state index contributed by atoms with van der Waals surface area (Å²) in [5.41, 5.74) is 1.36. The fourth-order valence-electron chi connectivity index (χ4n) is 2.58. The van der Waals surface area contributed by atoms with Gasteiger partial charge in [-0.25, -0.2) is 12.8 Å². The van der Waals surface area contributed by atoms with E-state index in [1.165, 1.54) is 28.6 Å². The number of benzene rings is 2. The number of amides is 1. The third-order valence-electron chi connectivity index (χ3n) is 4.14. The smallest absolute Gasteiger partial charge is 0.243 e. The molecule has 2 aromatic rings. The highest BCUT2D eigenvalue weighted by atomic mass is 32.2. The van der Waals surface area contributed by atoms with Gasteiger partial charge < -0.3 is 10.6 Å². The SMILES string of the molecule is CCN(CC)S(=O)(=O)c1ccc(C)c(NC(=O)CNc2ccccc2F)c1. The van der Waals surface area contributed by atoms with Crippen LogP contribution >= 0.6 is 0 Å². The van der Waals surface area contributed by atoms with Gasteiger partial charge in [0.1, 0.15) is 5.82 Å². The number of para-hydroxylation sites is 1. The van der Waals surface area contributed by atoms with Gasteiger partial charge in [0.2, 0.25) is 15.9 Å². The van der Waals surface area contributed by atoms with Crippen molar-refractivity contribution in [2.24, 2.45) is 0 Å². The normalized spacial score (nSPS) is 11.4. The molecule has 0 aromatic heterocycles. The molecule has 2 aromatic carbocycles. The molecule has 0 aliphatic carbocycles.